The van der Waals surface area contributed by atoms with E-state index in [1.54, 1.807) is 6.07 Å². The fourth-order valence-electron chi connectivity index (χ4n) is 4.54. The number of aliphatic hydroxyl groups is 1. The lowest BCUT2D eigenvalue weighted by molar-refractivity contribution is -0.0566. The van der Waals surface area contributed by atoms with Crippen molar-refractivity contribution in [1.29, 1.82) is 0 Å². The van der Waals surface area contributed by atoms with E-state index in [1.165, 1.54) is 0 Å². The fraction of sp³-hybridized carbons (Fsp3) is 0.545. The summed E-state index contributed by atoms with van der Waals surface area (Å²) in [6, 6.07) is 5.44. The van der Waals surface area contributed by atoms with E-state index in [9.17, 15) is 5.11 Å². The molecule has 0 radical (unpaired) electrons. The molecule has 2 aliphatic heterocycles. The highest BCUT2D eigenvalue weighted by atomic mass is 35.5. The highest BCUT2D eigenvalue weighted by Crippen LogP contribution is 2.40. The van der Waals surface area contributed by atoms with E-state index >= 15 is 0 Å². The van der Waals surface area contributed by atoms with Crippen molar-refractivity contribution >= 4 is 29.0 Å². The van der Waals surface area contributed by atoms with Crippen molar-refractivity contribution in [3.63, 3.8) is 0 Å². The Morgan fingerprint density at radius 2 is 1.97 bits per heavy atom. The average Bonchev–Trinajstić information content (AvgIpc) is 2.73. The first-order valence-corrected chi connectivity index (χ1v) is 11.2. The summed E-state index contributed by atoms with van der Waals surface area (Å²) in [5.41, 5.74) is 9.04. The molecule has 0 unspecified atom stereocenters. The van der Waals surface area contributed by atoms with Crippen LogP contribution in [0.1, 0.15) is 30.7 Å². The van der Waals surface area contributed by atoms with Crippen molar-refractivity contribution < 1.29 is 9.84 Å². The first-order valence-electron chi connectivity index (χ1n) is 10.4. The average molecular weight is 451 g/mol. The van der Waals surface area contributed by atoms with Crippen LogP contribution in [0.25, 0.3) is 11.3 Å². The summed E-state index contributed by atoms with van der Waals surface area (Å²) >= 11 is 12.6. The van der Waals surface area contributed by atoms with Gasteiger partial charge in [-0.15, -0.1) is 0 Å². The predicted octanol–water partition coefficient (Wildman–Crippen LogP) is 3.83. The molecule has 6 nitrogen and oxygen atoms in total. The molecule has 30 heavy (non-hydrogen) atoms. The number of benzene rings is 1. The second-order valence-corrected chi connectivity index (χ2v) is 9.27. The first kappa shape index (κ1) is 21.8. The van der Waals surface area contributed by atoms with Crippen LogP contribution in [0.5, 0.6) is 0 Å². The van der Waals surface area contributed by atoms with Crippen LogP contribution in [-0.2, 0) is 11.3 Å². The van der Waals surface area contributed by atoms with Gasteiger partial charge in [0.05, 0.1) is 41.3 Å². The van der Waals surface area contributed by atoms with Crippen LogP contribution in [0.15, 0.2) is 18.2 Å². The van der Waals surface area contributed by atoms with Crippen molar-refractivity contribution in [2.24, 2.45) is 17.1 Å². The van der Waals surface area contributed by atoms with Gasteiger partial charge in [-0.2, -0.15) is 0 Å². The van der Waals surface area contributed by atoms with Gasteiger partial charge in [-0.1, -0.05) is 35.3 Å². The van der Waals surface area contributed by atoms with Crippen LogP contribution >= 0.6 is 23.2 Å². The predicted molar refractivity (Wildman–Crippen MR) is 120 cm³/mol. The summed E-state index contributed by atoms with van der Waals surface area (Å²) in [5, 5.41) is 10.9. The zero-order valence-corrected chi connectivity index (χ0v) is 18.7. The van der Waals surface area contributed by atoms with Crippen LogP contribution in [0.4, 0.5) is 5.82 Å². The summed E-state index contributed by atoms with van der Waals surface area (Å²) in [6.45, 7) is 5.84. The number of hydrogen-bond donors (Lipinski definition) is 2. The lowest BCUT2D eigenvalue weighted by Gasteiger charge is -2.45. The summed E-state index contributed by atoms with van der Waals surface area (Å²) in [5.74, 6) is 1.38. The highest BCUT2D eigenvalue weighted by molar-refractivity contribution is 6.43. The lowest BCUT2D eigenvalue weighted by Crippen LogP contribution is -2.47. The maximum absolute atomic E-state index is 10.0. The molecule has 0 bridgehead atoms. The highest BCUT2D eigenvalue weighted by Gasteiger charge is 2.38. The third-order valence-electron chi connectivity index (χ3n) is 6.46. The molecule has 2 fully saturated rings. The van der Waals surface area contributed by atoms with Gasteiger partial charge in [0.25, 0.3) is 0 Å². The van der Waals surface area contributed by atoms with E-state index in [0.717, 1.165) is 62.6 Å². The minimum absolute atomic E-state index is 0.168. The Kier molecular flexibility index (Phi) is 6.51. The number of nitrogens with two attached hydrogens (primary N) is 1. The van der Waals surface area contributed by atoms with E-state index in [2.05, 4.69) is 4.90 Å². The Morgan fingerprint density at radius 3 is 2.57 bits per heavy atom. The maximum atomic E-state index is 10.0. The summed E-state index contributed by atoms with van der Waals surface area (Å²) in [6.07, 6.45) is 3.14. The minimum Gasteiger partial charge on any atom is -0.390 e. The molecule has 3 heterocycles. The molecular weight excluding hydrogens is 423 g/mol. The van der Waals surface area contributed by atoms with Gasteiger partial charge in [0.1, 0.15) is 5.69 Å². The molecule has 0 saturated carbocycles. The van der Waals surface area contributed by atoms with E-state index in [1.807, 2.05) is 19.1 Å². The lowest BCUT2D eigenvalue weighted by atomic mass is 9.71. The van der Waals surface area contributed by atoms with E-state index in [4.69, 9.17) is 43.6 Å². The van der Waals surface area contributed by atoms with Crippen LogP contribution in [0.3, 0.4) is 0 Å². The summed E-state index contributed by atoms with van der Waals surface area (Å²) < 4.78 is 5.35. The number of rotatable bonds is 6. The van der Waals surface area contributed by atoms with E-state index in [-0.39, 0.29) is 12.0 Å². The second kappa shape index (κ2) is 8.97. The van der Waals surface area contributed by atoms with Gasteiger partial charge in [-0.3, -0.25) is 0 Å². The molecule has 8 heteroatoms. The van der Waals surface area contributed by atoms with Crippen LogP contribution in [-0.4, -0.2) is 47.9 Å². The minimum atomic E-state index is -0.189. The molecule has 0 amide bonds. The summed E-state index contributed by atoms with van der Waals surface area (Å²) in [4.78, 5) is 11.8. The first-order chi connectivity index (χ1) is 14.5. The summed E-state index contributed by atoms with van der Waals surface area (Å²) in [7, 11) is 0. The number of piperidine rings is 1. The van der Waals surface area contributed by atoms with Crippen LogP contribution in [0.2, 0.25) is 10.0 Å². The number of nitrogens with zero attached hydrogens (tertiary/aromatic N) is 3. The molecular formula is C22H28Cl2N4O2. The van der Waals surface area contributed by atoms with Crippen LogP contribution < -0.4 is 10.6 Å². The van der Waals surface area contributed by atoms with Gasteiger partial charge in [-0.25, -0.2) is 9.97 Å². The monoisotopic (exact) mass is 450 g/mol. The van der Waals surface area contributed by atoms with Crippen molar-refractivity contribution in [3.8, 4) is 11.3 Å². The smallest absolute Gasteiger partial charge is 0.153 e. The zero-order chi connectivity index (χ0) is 21.3. The van der Waals surface area contributed by atoms with Gasteiger partial charge in [0, 0.05) is 24.6 Å². The van der Waals surface area contributed by atoms with Gasteiger partial charge in [0.2, 0.25) is 0 Å². The van der Waals surface area contributed by atoms with Crippen molar-refractivity contribution in [2.45, 2.75) is 32.8 Å². The molecule has 0 spiro atoms. The van der Waals surface area contributed by atoms with E-state index < -0.39 is 0 Å². The standard InChI is InChI=1S/C22H28Cl2N4O2/c1-14-20(16-3-2-4-17(23)19(16)24)27-18(10-29)21(26-14)28-7-5-22(13-25,6-8-28)9-15-11-30-12-15/h2-4,15,29H,5-13,25H2,1H3. The number of halogens is 2. The number of aryl methyl sites for hydroxylation is 1. The molecule has 162 valence electrons. The molecule has 2 aromatic rings. The number of anilines is 1. The number of aliphatic hydroxyl groups excluding tert-OH is 1. The molecule has 1 aromatic carbocycles. The molecule has 1 aromatic heterocycles. The van der Waals surface area contributed by atoms with Crippen molar-refractivity contribution in [3.05, 3.63) is 39.6 Å². The quantitative estimate of drug-likeness (QED) is 0.695. The van der Waals surface area contributed by atoms with Crippen molar-refractivity contribution in [1.82, 2.24) is 9.97 Å². The molecule has 4 rings (SSSR count). The van der Waals surface area contributed by atoms with Gasteiger partial charge in [-0.05, 0) is 44.2 Å². The van der Waals surface area contributed by atoms with Gasteiger partial charge >= 0.3 is 0 Å². The third-order valence-corrected chi connectivity index (χ3v) is 7.28. The largest absolute Gasteiger partial charge is 0.390 e. The molecule has 2 saturated heterocycles. The Hall–Kier alpha value is -1.44. The Balaban J connectivity index is 1.58. The second-order valence-electron chi connectivity index (χ2n) is 8.49. The maximum Gasteiger partial charge on any atom is 0.153 e. The zero-order valence-electron chi connectivity index (χ0n) is 17.2. The number of aromatic nitrogens is 2. The molecule has 3 N–H and O–H groups in total. The third kappa shape index (κ3) is 4.16. The SMILES string of the molecule is Cc1nc(N2CCC(CN)(CC3COC3)CC2)c(CO)nc1-c1cccc(Cl)c1Cl. The number of ether oxygens (including phenoxy) is 1. The van der Waals surface area contributed by atoms with Crippen molar-refractivity contribution in [2.75, 3.05) is 37.7 Å². The Morgan fingerprint density at radius 1 is 1.23 bits per heavy atom. The van der Waals surface area contributed by atoms with E-state index in [0.29, 0.717) is 33.9 Å². The Bertz CT molecular complexity index is 912. The van der Waals surface area contributed by atoms with Gasteiger partial charge in [0.15, 0.2) is 5.82 Å². The van der Waals surface area contributed by atoms with Gasteiger partial charge < -0.3 is 20.5 Å². The molecule has 2 aliphatic rings. The molecule has 0 aliphatic carbocycles. The topological polar surface area (TPSA) is 84.5 Å². The fourth-order valence-corrected chi connectivity index (χ4v) is 4.93. The normalized spacial score (nSPS) is 19.0. The Labute approximate surface area is 187 Å². The number of hydrogen-bond acceptors (Lipinski definition) is 6. The van der Waals surface area contributed by atoms with Crippen LogP contribution in [0, 0.1) is 18.3 Å². The molecule has 0 atom stereocenters.